The van der Waals surface area contributed by atoms with Crippen LogP contribution >= 0.6 is 0 Å². The number of aryl methyl sites for hydroxylation is 2. The molecule has 6 nitrogen and oxygen atoms in total. The van der Waals surface area contributed by atoms with Gasteiger partial charge in [0.05, 0.1) is 38.2 Å². The van der Waals surface area contributed by atoms with Crippen molar-refractivity contribution < 1.29 is 28.3 Å². The van der Waals surface area contributed by atoms with E-state index in [0.717, 1.165) is 48.2 Å². The summed E-state index contributed by atoms with van der Waals surface area (Å²) in [5.74, 6) is 82.6. The highest BCUT2D eigenvalue weighted by atomic mass is 17.2. The first-order chi connectivity index (χ1) is 34.7. The van der Waals surface area contributed by atoms with Crippen molar-refractivity contribution in [3.05, 3.63) is 23.3 Å². The lowest BCUT2D eigenvalue weighted by Gasteiger charge is -2.35. The Bertz CT molecular complexity index is 3030. The number of hydrogen-bond donors (Lipinski definition) is 0. The summed E-state index contributed by atoms with van der Waals surface area (Å²) in [5, 5.41) is 0. The normalized spacial score (nSPS) is 12.4. The lowest BCUT2D eigenvalue weighted by molar-refractivity contribution is -0.773. The van der Waals surface area contributed by atoms with Crippen LogP contribution in [0.1, 0.15) is 90.2 Å². The topological polar surface area (TPSA) is 46.2 Å². The van der Waals surface area contributed by atoms with E-state index in [9.17, 15) is 0 Å². The molecule has 71 heavy (non-hydrogen) atoms. The van der Waals surface area contributed by atoms with Gasteiger partial charge in [0.1, 0.15) is 12.3 Å². The third kappa shape index (κ3) is 28.0. The molecule has 1 aliphatic heterocycles. The second-order valence-corrected chi connectivity index (χ2v) is 15.2. The smallest absolute Gasteiger partial charge is 0.493 e. The molecule has 0 spiro atoms. The maximum absolute atomic E-state index is 6.60. The minimum atomic E-state index is -0.494. The number of nitrogens with zero attached hydrogens (tertiary/aromatic N) is 1. The van der Waals surface area contributed by atoms with Crippen molar-refractivity contribution in [1.29, 1.82) is 0 Å². The average Bonchev–Trinajstić information content (AvgIpc) is 3.35. The SMILES string of the molecule is C#CC#CC#CC#CC#CC#CC#CC#CC#C[N+](C)(C#CC#CC#CC#CC#CC#CC#CC#CC#C)CCCOOC(CC)CC1CC(C)OB(c2c(C)cc(OCC(CC)CCCC)cc2C)O1. The molecule has 4 atom stereocenters. The van der Waals surface area contributed by atoms with Crippen LogP contribution in [0.4, 0.5) is 0 Å². The summed E-state index contributed by atoms with van der Waals surface area (Å²) >= 11 is 0. The van der Waals surface area contributed by atoms with Gasteiger partial charge in [-0.05, 0) is 169 Å². The van der Waals surface area contributed by atoms with E-state index < -0.39 is 7.12 Å². The second-order valence-electron chi connectivity index (χ2n) is 15.2. The molecule has 1 aromatic rings. The van der Waals surface area contributed by atoms with Crippen LogP contribution in [0.2, 0.25) is 0 Å². The molecular formula is C64H51BNO5+. The Balaban J connectivity index is 2.11. The van der Waals surface area contributed by atoms with E-state index in [2.05, 4.69) is 255 Å². The second kappa shape index (κ2) is 38.0. The molecule has 0 aromatic heterocycles. The van der Waals surface area contributed by atoms with E-state index >= 15 is 0 Å². The van der Waals surface area contributed by atoms with Gasteiger partial charge in [-0.25, -0.2) is 9.78 Å². The van der Waals surface area contributed by atoms with Gasteiger partial charge in [-0.2, -0.15) is 4.48 Å². The molecule has 2 rings (SSSR count). The van der Waals surface area contributed by atoms with E-state index in [-0.39, 0.29) is 22.8 Å². The first-order valence-corrected chi connectivity index (χ1v) is 22.8. The molecule has 344 valence electrons. The predicted octanol–water partition coefficient (Wildman–Crippen LogP) is 5.98. The number of benzene rings is 1. The number of quaternary nitrogens is 1. The summed E-state index contributed by atoms with van der Waals surface area (Å²) in [6, 6.07) is 10.3. The molecule has 1 aliphatic rings. The predicted molar refractivity (Wildman–Crippen MR) is 284 cm³/mol. The molecule has 0 bridgehead atoms. The quantitative estimate of drug-likeness (QED) is 0.0482. The summed E-state index contributed by atoms with van der Waals surface area (Å²) in [6.07, 6.45) is 17.1. The van der Waals surface area contributed by atoms with E-state index in [0.29, 0.717) is 31.9 Å². The minimum absolute atomic E-state index is 0.00194. The van der Waals surface area contributed by atoms with Crippen LogP contribution in [-0.2, 0) is 19.1 Å². The zero-order valence-corrected chi connectivity index (χ0v) is 41.5. The zero-order chi connectivity index (χ0) is 51.5. The maximum Gasteiger partial charge on any atom is 0.494 e. The van der Waals surface area contributed by atoms with Crippen LogP contribution in [0.5, 0.6) is 5.75 Å². The standard InChI is InChI=1S/C64H51BNO5/c1-10-15-18-20-22-24-26-28-30-32-34-36-38-40-42-44-48-66(9,49-45-43-41-39-37-35-33-31-29-27-25-23-21-19-16-11-2)50-46-51-68-71-61(14-5)55-63-54-59(8)69-65(70-63)64-57(6)52-62(53-58(64)7)67-56-60(13-4)47-17-12-3/h1-2,52-53,59-61,63H,12-14,17,46-47,50-51,54-56H2,3-9H3/q+1. The van der Waals surface area contributed by atoms with Gasteiger partial charge >= 0.3 is 7.12 Å². The van der Waals surface area contributed by atoms with E-state index in [1.54, 1.807) is 0 Å². The molecule has 1 fully saturated rings. The molecule has 1 heterocycles. The van der Waals surface area contributed by atoms with Gasteiger partial charge in [-0.1, -0.05) is 40.0 Å². The van der Waals surface area contributed by atoms with Crippen molar-refractivity contribution in [1.82, 2.24) is 0 Å². The Labute approximate surface area is 426 Å². The van der Waals surface area contributed by atoms with Gasteiger partial charge in [-0.3, -0.25) is 0 Å². The molecule has 0 saturated carbocycles. The maximum atomic E-state index is 6.60. The van der Waals surface area contributed by atoms with Crippen molar-refractivity contribution >= 4 is 12.6 Å². The Morgan fingerprint density at radius 3 is 1.46 bits per heavy atom. The molecule has 7 heteroatoms. The van der Waals surface area contributed by atoms with Crippen molar-refractivity contribution in [2.45, 2.75) is 111 Å². The molecule has 0 amide bonds. The summed E-state index contributed by atoms with van der Waals surface area (Å²) in [6.45, 7) is 14.3. The van der Waals surface area contributed by atoms with Crippen molar-refractivity contribution in [3.8, 4) is 220 Å². The van der Waals surface area contributed by atoms with Crippen molar-refractivity contribution in [3.63, 3.8) is 0 Å². The fraction of sp³-hybridized carbons (Fsp3) is 0.344. The van der Waals surface area contributed by atoms with E-state index in [4.69, 9.17) is 36.7 Å². The molecule has 1 saturated heterocycles. The van der Waals surface area contributed by atoms with Crippen LogP contribution in [-0.4, -0.2) is 56.7 Å². The van der Waals surface area contributed by atoms with Crippen LogP contribution < -0.4 is 10.2 Å². The third-order valence-electron chi connectivity index (χ3n) is 9.62. The Hall–Kier alpha value is -9.04. The highest BCUT2D eigenvalue weighted by Gasteiger charge is 2.37. The Kier molecular flexibility index (Phi) is 31.1. The molecule has 1 aromatic carbocycles. The molecular weight excluding hydrogens is 874 g/mol. The lowest BCUT2D eigenvalue weighted by atomic mass is 9.71. The van der Waals surface area contributed by atoms with E-state index in [1.165, 1.54) is 19.3 Å². The molecule has 0 radical (unpaired) electrons. The van der Waals surface area contributed by atoms with Gasteiger partial charge in [-0.15, -0.1) is 12.8 Å². The summed E-state index contributed by atoms with van der Waals surface area (Å²) in [4.78, 5) is 11.7. The molecule has 0 N–H and O–H groups in total. The third-order valence-corrected chi connectivity index (χ3v) is 9.62. The van der Waals surface area contributed by atoms with Crippen LogP contribution in [0, 0.1) is 234 Å². The lowest BCUT2D eigenvalue weighted by Crippen LogP contribution is -2.50. The van der Waals surface area contributed by atoms with Crippen molar-refractivity contribution in [2.24, 2.45) is 5.92 Å². The first-order valence-electron chi connectivity index (χ1n) is 22.8. The Morgan fingerprint density at radius 2 is 1.06 bits per heavy atom. The number of ether oxygens (including phenoxy) is 1. The molecule has 4 unspecified atom stereocenters. The average molecular weight is 925 g/mol. The van der Waals surface area contributed by atoms with E-state index in [1.807, 2.05) is 7.05 Å². The number of rotatable bonds is 17. The largest absolute Gasteiger partial charge is 0.494 e. The molecule has 0 aliphatic carbocycles. The minimum Gasteiger partial charge on any atom is -0.493 e. The fourth-order valence-electron chi connectivity index (χ4n) is 6.17. The number of terminal acetylenes is 2. The van der Waals surface area contributed by atoms with Gasteiger partial charge in [0.2, 0.25) is 0 Å². The van der Waals surface area contributed by atoms with Gasteiger partial charge in [0, 0.05) is 108 Å². The number of hydrogen-bond acceptors (Lipinski definition) is 5. The summed E-state index contributed by atoms with van der Waals surface area (Å²) in [5.41, 5.74) is 3.20. The number of unbranched alkanes of at least 4 members (excludes halogenated alkanes) is 1. The monoisotopic (exact) mass is 924 g/mol. The Morgan fingerprint density at radius 1 is 0.620 bits per heavy atom. The highest BCUT2D eigenvalue weighted by Crippen LogP contribution is 2.25. The summed E-state index contributed by atoms with van der Waals surface area (Å²) < 4.78 is 19.2. The van der Waals surface area contributed by atoms with Gasteiger partial charge < -0.3 is 14.0 Å². The van der Waals surface area contributed by atoms with Gasteiger partial charge in [0.15, 0.2) is 12.1 Å². The first kappa shape index (κ1) is 58.1. The van der Waals surface area contributed by atoms with Crippen molar-refractivity contribution in [2.75, 3.05) is 26.8 Å². The highest BCUT2D eigenvalue weighted by molar-refractivity contribution is 6.62. The zero-order valence-electron chi connectivity index (χ0n) is 41.5. The summed E-state index contributed by atoms with van der Waals surface area (Å²) in [7, 11) is 1.34. The fourth-order valence-corrected chi connectivity index (χ4v) is 6.17. The van der Waals surface area contributed by atoms with Crippen LogP contribution in [0.25, 0.3) is 0 Å². The van der Waals surface area contributed by atoms with Crippen LogP contribution in [0.3, 0.4) is 0 Å². The van der Waals surface area contributed by atoms with Gasteiger partial charge in [0.25, 0.3) is 0 Å². The van der Waals surface area contributed by atoms with Crippen LogP contribution in [0.15, 0.2) is 12.1 Å².